The molecular formula is C25H40N2O5. The molecule has 1 aliphatic heterocycles. The maximum absolute atomic E-state index is 5.97. The lowest BCUT2D eigenvalue weighted by Gasteiger charge is -2.27. The van der Waals surface area contributed by atoms with E-state index in [4.69, 9.17) is 28.7 Å². The number of hydrogen-bond acceptors (Lipinski definition) is 7. The van der Waals surface area contributed by atoms with Crippen LogP contribution in [0.2, 0.25) is 0 Å². The molecule has 1 aromatic carbocycles. The normalized spacial score (nSPS) is 16.9. The van der Waals surface area contributed by atoms with Crippen molar-refractivity contribution in [3.63, 3.8) is 0 Å². The van der Waals surface area contributed by atoms with E-state index in [0.717, 1.165) is 36.7 Å². The van der Waals surface area contributed by atoms with Gasteiger partial charge in [-0.1, -0.05) is 19.9 Å². The van der Waals surface area contributed by atoms with Gasteiger partial charge in [-0.15, -0.1) is 0 Å². The second kappa shape index (κ2) is 14.0. The Hall–Kier alpha value is -2.28. The van der Waals surface area contributed by atoms with E-state index < -0.39 is 0 Å². The molecule has 0 saturated carbocycles. The van der Waals surface area contributed by atoms with Gasteiger partial charge in [-0.2, -0.15) is 0 Å². The first kappa shape index (κ1) is 26.0. The van der Waals surface area contributed by atoms with Crippen molar-refractivity contribution >= 4 is 11.8 Å². The van der Waals surface area contributed by atoms with Crippen LogP contribution in [0.15, 0.2) is 28.2 Å². The fraction of sp³-hybridized carbons (Fsp3) is 0.680. The molecule has 0 aromatic heterocycles. The number of benzene rings is 1. The molecule has 32 heavy (non-hydrogen) atoms. The van der Waals surface area contributed by atoms with Crippen LogP contribution < -0.4 is 9.47 Å². The van der Waals surface area contributed by atoms with Crippen LogP contribution in [-0.2, 0) is 20.6 Å². The van der Waals surface area contributed by atoms with Crippen LogP contribution in [0, 0.1) is 11.8 Å². The summed E-state index contributed by atoms with van der Waals surface area (Å²) in [7, 11) is 3.36. The van der Waals surface area contributed by atoms with Gasteiger partial charge < -0.3 is 23.7 Å². The predicted molar refractivity (Wildman–Crippen MR) is 128 cm³/mol. The van der Waals surface area contributed by atoms with Crippen LogP contribution in [0.1, 0.15) is 46.1 Å². The van der Waals surface area contributed by atoms with E-state index in [1.807, 2.05) is 19.9 Å². The zero-order valence-electron chi connectivity index (χ0n) is 20.6. The van der Waals surface area contributed by atoms with Gasteiger partial charge in [-0.25, -0.2) is 9.98 Å². The van der Waals surface area contributed by atoms with Gasteiger partial charge in [0.2, 0.25) is 11.8 Å². The van der Waals surface area contributed by atoms with Crippen LogP contribution in [0.3, 0.4) is 0 Å². The van der Waals surface area contributed by atoms with Crippen molar-refractivity contribution in [1.82, 2.24) is 0 Å². The lowest BCUT2D eigenvalue weighted by atomic mass is 9.84. The van der Waals surface area contributed by atoms with Gasteiger partial charge in [0.25, 0.3) is 0 Å². The Bertz CT molecular complexity index is 748. The van der Waals surface area contributed by atoms with Crippen molar-refractivity contribution in [2.75, 3.05) is 47.2 Å². The minimum absolute atomic E-state index is 0.110. The largest absolute Gasteiger partial charge is 0.493 e. The predicted octanol–water partition coefficient (Wildman–Crippen LogP) is 4.57. The van der Waals surface area contributed by atoms with Gasteiger partial charge in [0.05, 0.1) is 26.9 Å². The molecular weight excluding hydrogens is 408 g/mol. The van der Waals surface area contributed by atoms with Gasteiger partial charge in [-0.3, -0.25) is 0 Å². The molecule has 7 nitrogen and oxygen atoms in total. The van der Waals surface area contributed by atoms with Crippen LogP contribution in [0.4, 0.5) is 0 Å². The number of rotatable bonds is 13. The molecule has 180 valence electrons. The highest BCUT2D eigenvalue weighted by atomic mass is 16.5. The van der Waals surface area contributed by atoms with Crippen molar-refractivity contribution in [2.45, 2.75) is 53.0 Å². The van der Waals surface area contributed by atoms with E-state index in [1.165, 1.54) is 5.56 Å². The molecule has 1 heterocycles. The molecule has 2 atom stereocenters. The molecule has 0 radical (unpaired) electrons. The smallest absolute Gasteiger partial charge is 0.209 e. The Balaban J connectivity index is 2.14. The van der Waals surface area contributed by atoms with Crippen LogP contribution in [0.25, 0.3) is 0 Å². The Kier molecular flexibility index (Phi) is 11.4. The SMILES string of the molecule is CCOC1=N[C@@H](C[C@H](Cc2ccc(OC)c(OCCCOC)c2)C(C)C)C(OCC)=NC1. The average molecular weight is 449 g/mol. The molecule has 0 spiro atoms. The summed E-state index contributed by atoms with van der Waals surface area (Å²) in [6, 6.07) is 6.08. The van der Waals surface area contributed by atoms with Crippen molar-refractivity contribution in [1.29, 1.82) is 0 Å². The summed E-state index contributed by atoms with van der Waals surface area (Å²) >= 11 is 0. The van der Waals surface area contributed by atoms with E-state index in [1.54, 1.807) is 14.2 Å². The summed E-state index contributed by atoms with van der Waals surface area (Å²) in [4.78, 5) is 9.42. The molecule has 0 saturated heterocycles. The number of aliphatic imine (C=N–C) groups is 2. The van der Waals surface area contributed by atoms with Gasteiger partial charge in [0.1, 0.15) is 12.6 Å². The first-order valence-electron chi connectivity index (χ1n) is 11.7. The maximum Gasteiger partial charge on any atom is 0.209 e. The summed E-state index contributed by atoms with van der Waals surface area (Å²) in [6.07, 6.45) is 2.59. The minimum atomic E-state index is -0.110. The Morgan fingerprint density at radius 3 is 2.44 bits per heavy atom. The molecule has 0 aliphatic carbocycles. The van der Waals surface area contributed by atoms with Crippen molar-refractivity contribution in [3.05, 3.63) is 23.8 Å². The molecule has 0 amide bonds. The summed E-state index contributed by atoms with van der Waals surface area (Å²) in [6.45, 7) is 11.4. The lowest BCUT2D eigenvalue weighted by molar-refractivity contribution is 0.170. The van der Waals surface area contributed by atoms with Crippen molar-refractivity contribution in [2.24, 2.45) is 21.8 Å². The first-order chi connectivity index (χ1) is 15.5. The third kappa shape index (κ3) is 8.01. The van der Waals surface area contributed by atoms with Crippen LogP contribution in [-0.4, -0.2) is 65.0 Å². The fourth-order valence-electron chi connectivity index (χ4n) is 3.74. The first-order valence-corrected chi connectivity index (χ1v) is 11.7. The molecule has 2 rings (SSSR count). The monoisotopic (exact) mass is 448 g/mol. The Morgan fingerprint density at radius 2 is 1.78 bits per heavy atom. The van der Waals surface area contributed by atoms with Crippen molar-refractivity contribution in [3.8, 4) is 11.5 Å². The van der Waals surface area contributed by atoms with Gasteiger partial charge >= 0.3 is 0 Å². The number of ether oxygens (including phenoxy) is 5. The van der Waals surface area contributed by atoms with Gasteiger partial charge in [0, 0.05) is 20.1 Å². The number of hydrogen-bond donors (Lipinski definition) is 0. The summed E-state index contributed by atoms with van der Waals surface area (Å²) < 4.78 is 28.0. The third-order valence-corrected chi connectivity index (χ3v) is 5.50. The summed E-state index contributed by atoms with van der Waals surface area (Å²) in [5, 5.41) is 0. The zero-order valence-corrected chi connectivity index (χ0v) is 20.6. The third-order valence-electron chi connectivity index (χ3n) is 5.50. The maximum atomic E-state index is 5.97. The second-order valence-electron chi connectivity index (χ2n) is 8.18. The van der Waals surface area contributed by atoms with Gasteiger partial charge in [0.15, 0.2) is 11.5 Å². The summed E-state index contributed by atoms with van der Waals surface area (Å²) in [5.41, 5.74) is 1.21. The quantitative estimate of drug-likeness (QED) is 0.414. The van der Waals surface area contributed by atoms with Crippen LogP contribution in [0.5, 0.6) is 11.5 Å². The summed E-state index contributed by atoms with van der Waals surface area (Å²) in [5.74, 6) is 3.80. The zero-order chi connectivity index (χ0) is 23.3. The molecule has 0 fully saturated rings. The lowest BCUT2D eigenvalue weighted by Crippen LogP contribution is -2.33. The molecule has 0 bridgehead atoms. The standard InChI is InChI=1S/C25H40N2O5/c1-7-30-24-17-26-25(31-8-2)21(27-24)16-20(18(3)4)14-19-10-11-22(29-6)23(15-19)32-13-9-12-28-5/h10-11,15,18,20-21H,7-9,12-14,16-17H2,1-6H3/t20-,21-/m0/s1. The molecule has 0 unspecified atom stereocenters. The highest BCUT2D eigenvalue weighted by Crippen LogP contribution is 2.32. The Morgan fingerprint density at radius 1 is 1.00 bits per heavy atom. The van der Waals surface area contributed by atoms with Crippen LogP contribution >= 0.6 is 0 Å². The topological polar surface area (TPSA) is 70.9 Å². The second-order valence-corrected chi connectivity index (χ2v) is 8.18. The van der Waals surface area contributed by atoms with E-state index in [9.17, 15) is 0 Å². The fourth-order valence-corrected chi connectivity index (χ4v) is 3.74. The van der Waals surface area contributed by atoms with E-state index in [2.05, 4.69) is 31.0 Å². The average Bonchev–Trinajstić information content (AvgIpc) is 2.78. The molecule has 0 N–H and O–H groups in total. The van der Waals surface area contributed by atoms with E-state index >= 15 is 0 Å². The highest BCUT2D eigenvalue weighted by Gasteiger charge is 2.28. The van der Waals surface area contributed by atoms with Crippen molar-refractivity contribution < 1.29 is 23.7 Å². The molecule has 1 aromatic rings. The number of methoxy groups -OCH3 is 2. The number of nitrogens with zero attached hydrogens (tertiary/aromatic N) is 2. The minimum Gasteiger partial charge on any atom is -0.493 e. The Labute approximate surface area is 193 Å². The highest BCUT2D eigenvalue weighted by molar-refractivity contribution is 5.91. The molecule has 1 aliphatic rings. The van der Waals surface area contributed by atoms with Gasteiger partial charge in [-0.05, 0) is 56.2 Å². The van der Waals surface area contributed by atoms with E-state index in [0.29, 0.717) is 50.7 Å². The molecule has 7 heteroatoms. The van der Waals surface area contributed by atoms with E-state index in [-0.39, 0.29) is 6.04 Å².